The molecule has 2 aromatic carbocycles. The number of hydrogen-bond donors (Lipinski definition) is 1. The largest absolute Gasteiger partial charge is 0.261 e. The summed E-state index contributed by atoms with van der Waals surface area (Å²) in [5.74, 6) is 0. The van der Waals surface area contributed by atoms with Gasteiger partial charge in [-0.3, -0.25) is 4.99 Å². The van der Waals surface area contributed by atoms with E-state index in [0.29, 0.717) is 0 Å². The zero-order valence-electron chi connectivity index (χ0n) is 15.6. The average molecular weight is 383 g/mol. The van der Waals surface area contributed by atoms with Gasteiger partial charge in [0.25, 0.3) is 0 Å². The number of rotatable bonds is 7. The predicted octanol–water partition coefficient (Wildman–Crippen LogP) is 5.47. The second kappa shape index (κ2) is 8.63. The lowest BCUT2D eigenvalue weighted by Crippen LogP contribution is -2.26. The number of nitrogens with zero attached hydrogens (tertiary/aromatic N) is 2. The smallest absolute Gasteiger partial charge is 0.209 e. The van der Waals surface area contributed by atoms with E-state index in [4.69, 9.17) is 5.26 Å². The zero-order chi connectivity index (χ0) is 19.3. The first kappa shape index (κ1) is 19.5. The van der Waals surface area contributed by atoms with Crippen LogP contribution < -0.4 is 0 Å². The molecule has 0 saturated carbocycles. The highest BCUT2D eigenvalue weighted by molar-refractivity contribution is 7.94. The third kappa shape index (κ3) is 4.36. The van der Waals surface area contributed by atoms with Crippen LogP contribution in [0.4, 0.5) is 11.4 Å². The van der Waals surface area contributed by atoms with E-state index in [1.807, 2.05) is 42.6 Å². The lowest BCUT2D eigenvalue weighted by molar-refractivity contribution is -0.432. The lowest BCUT2D eigenvalue weighted by Gasteiger charge is -2.15. The summed E-state index contributed by atoms with van der Waals surface area (Å²) < 4.78 is 6.76. The van der Waals surface area contributed by atoms with Crippen molar-refractivity contribution in [3.8, 4) is 0 Å². The Kier molecular flexibility index (Phi) is 6.23. The fourth-order valence-electron chi connectivity index (χ4n) is 3.33. The van der Waals surface area contributed by atoms with Crippen molar-refractivity contribution in [3.05, 3.63) is 66.2 Å². The maximum Gasteiger partial charge on any atom is 0.209 e. The average Bonchev–Trinajstić information content (AvgIpc) is 2.87. The van der Waals surface area contributed by atoms with Crippen molar-refractivity contribution in [3.63, 3.8) is 0 Å². The Balaban J connectivity index is 1.73. The quantitative estimate of drug-likeness (QED) is 0.226. The van der Waals surface area contributed by atoms with E-state index in [9.17, 15) is 0 Å². The van der Waals surface area contributed by atoms with E-state index in [0.717, 1.165) is 34.7 Å². The molecule has 3 rings (SSSR count). The fourth-order valence-corrected chi connectivity index (χ4v) is 3.73. The predicted molar refractivity (Wildman–Crippen MR) is 109 cm³/mol. The third-order valence-corrected chi connectivity index (χ3v) is 5.25. The fraction of sp³-hybridized carbons (Fsp3) is 0.238. The number of fused-ring (bicyclic) bond motifs is 1. The highest BCUT2D eigenvalue weighted by Gasteiger charge is 2.42. The molecule has 140 valence electrons. The van der Waals surface area contributed by atoms with Crippen molar-refractivity contribution in [2.45, 2.75) is 30.6 Å². The monoisotopic (exact) mass is 383 g/mol. The van der Waals surface area contributed by atoms with Crippen molar-refractivity contribution in [1.29, 1.82) is 0 Å². The first-order chi connectivity index (χ1) is 13.0. The van der Waals surface area contributed by atoms with Gasteiger partial charge in [0.1, 0.15) is 7.05 Å². The van der Waals surface area contributed by atoms with Crippen LogP contribution in [0.2, 0.25) is 0 Å². The summed E-state index contributed by atoms with van der Waals surface area (Å²) in [5, 5.41) is 12.0. The summed E-state index contributed by atoms with van der Waals surface area (Å²) in [7, 11) is 2.07. The minimum Gasteiger partial charge on any atom is -0.261 e. The van der Waals surface area contributed by atoms with Crippen LogP contribution in [-0.2, 0) is 14.8 Å². The highest BCUT2D eigenvalue weighted by Crippen LogP contribution is 2.41. The molecule has 0 radical (unpaired) electrons. The molecule has 5 nitrogen and oxygen atoms in total. The third-order valence-electron chi connectivity index (χ3n) is 4.68. The molecule has 27 heavy (non-hydrogen) atoms. The summed E-state index contributed by atoms with van der Waals surface area (Å²) >= 11 is 0.977. The van der Waals surface area contributed by atoms with Crippen LogP contribution in [0.3, 0.4) is 0 Å². The number of para-hydroxylation sites is 1. The Bertz CT molecular complexity index is 890. The molecular weight excluding hydrogens is 360 g/mol. The minimum atomic E-state index is -0.145. The van der Waals surface area contributed by atoms with Crippen LogP contribution in [0, 0.1) is 0 Å². The second-order valence-corrected chi connectivity index (χ2v) is 7.53. The van der Waals surface area contributed by atoms with Crippen molar-refractivity contribution >= 4 is 35.3 Å². The van der Waals surface area contributed by atoms with Crippen LogP contribution in [0.25, 0.3) is 0 Å². The standard InChI is InChI=1S/C21H22N2O3S/c1-21(2)18-15-17(27-26-25-24)12-13-19(18)23(3)20(21)11-7-8-14-22-16-9-5-4-6-10-16/h4-7,9-15H,8H2,1-3H3/p+1/b11-7+,22-14?. The zero-order valence-corrected chi connectivity index (χ0v) is 16.4. The number of aliphatic imine (C=N–C) groups is 1. The van der Waals surface area contributed by atoms with Crippen LogP contribution in [0.5, 0.6) is 0 Å². The molecule has 0 aliphatic carbocycles. The van der Waals surface area contributed by atoms with E-state index in [1.165, 1.54) is 11.3 Å². The Morgan fingerprint density at radius 3 is 2.70 bits per heavy atom. The number of benzene rings is 2. The van der Waals surface area contributed by atoms with Gasteiger partial charge in [0.2, 0.25) is 5.69 Å². The molecule has 0 saturated heterocycles. The van der Waals surface area contributed by atoms with E-state index in [1.54, 1.807) is 0 Å². The SMILES string of the molecule is C[N+]1=C(/C=C/CC=Nc2ccccc2)C(C)(C)c2cc(SOOO)ccc21. The Labute approximate surface area is 163 Å². The van der Waals surface area contributed by atoms with Gasteiger partial charge in [-0.1, -0.05) is 29.3 Å². The Morgan fingerprint density at radius 2 is 1.96 bits per heavy atom. The first-order valence-electron chi connectivity index (χ1n) is 8.68. The molecule has 1 N–H and O–H groups in total. The second-order valence-electron chi connectivity index (χ2n) is 6.76. The van der Waals surface area contributed by atoms with Gasteiger partial charge >= 0.3 is 0 Å². The van der Waals surface area contributed by atoms with Crippen molar-refractivity contribution in [2.75, 3.05) is 7.05 Å². The van der Waals surface area contributed by atoms with E-state index in [-0.39, 0.29) is 5.41 Å². The number of hydrogen-bond acceptors (Lipinski definition) is 5. The molecule has 0 unspecified atom stereocenters. The summed E-state index contributed by atoms with van der Waals surface area (Å²) in [6.45, 7) is 4.40. The molecule has 0 atom stereocenters. The number of allylic oxidation sites excluding steroid dienone is 2. The molecular formula is C21H23N2O3S+. The molecule has 6 heteroatoms. The van der Waals surface area contributed by atoms with Crippen molar-refractivity contribution in [1.82, 2.24) is 0 Å². The maximum absolute atomic E-state index is 8.35. The molecule has 1 heterocycles. The van der Waals surface area contributed by atoms with Gasteiger partial charge in [0, 0.05) is 35.2 Å². The van der Waals surface area contributed by atoms with Crippen LogP contribution in [-0.4, -0.2) is 28.8 Å². The minimum absolute atomic E-state index is 0.145. The molecule has 0 bridgehead atoms. The first-order valence-corrected chi connectivity index (χ1v) is 9.43. The van der Waals surface area contributed by atoms with Gasteiger partial charge in [-0.25, -0.2) is 5.26 Å². The van der Waals surface area contributed by atoms with Crippen molar-refractivity contribution in [2.24, 2.45) is 4.99 Å². The maximum atomic E-state index is 8.35. The highest BCUT2D eigenvalue weighted by atomic mass is 32.2. The molecule has 1 aliphatic rings. The normalized spacial score (nSPS) is 15.9. The molecule has 0 aromatic heterocycles. The molecule has 0 fully saturated rings. The van der Waals surface area contributed by atoms with E-state index < -0.39 is 0 Å². The lowest BCUT2D eigenvalue weighted by atomic mass is 9.81. The van der Waals surface area contributed by atoms with Crippen LogP contribution >= 0.6 is 12.0 Å². The topological polar surface area (TPSA) is 54.1 Å². The van der Waals surface area contributed by atoms with Crippen molar-refractivity contribution < 1.29 is 19.2 Å². The van der Waals surface area contributed by atoms with Gasteiger partial charge in [-0.15, -0.1) is 4.33 Å². The summed E-state index contributed by atoms with van der Waals surface area (Å²) in [4.78, 5) is 5.32. The summed E-state index contributed by atoms with van der Waals surface area (Å²) in [5.41, 5.74) is 4.39. The summed E-state index contributed by atoms with van der Waals surface area (Å²) in [6, 6.07) is 16.0. The van der Waals surface area contributed by atoms with Gasteiger partial charge in [-0.05, 0) is 38.1 Å². The molecule has 0 spiro atoms. The van der Waals surface area contributed by atoms with Crippen LogP contribution in [0.15, 0.2) is 70.6 Å². The van der Waals surface area contributed by atoms with Gasteiger partial charge in [0.15, 0.2) is 5.71 Å². The van der Waals surface area contributed by atoms with Gasteiger partial charge < -0.3 is 0 Å². The summed E-state index contributed by atoms with van der Waals surface area (Å²) in [6.07, 6.45) is 6.98. The Morgan fingerprint density at radius 1 is 1.19 bits per heavy atom. The van der Waals surface area contributed by atoms with Crippen LogP contribution in [0.1, 0.15) is 25.8 Å². The van der Waals surface area contributed by atoms with Gasteiger partial charge in [-0.2, -0.15) is 4.58 Å². The molecule has 2 aromatic rings. The molecule has 1 aliphatic heterocycles. The van der Waals surface area contributed by atoms with E-state index >= 15 is 0 Å². The Hall–Kier alpha value is -2.25. The molecule has 0 amide bonds. The van der Waals surface area contributed by atoms with E-state index in [2.05, 4.69) is 64.1 Å². The van der Waals surface area contributed by atoms with Gasteiger partial charge in [0.05, 0.1) is 23.1 Å².